The first kappa shape index (κ1) is 24.0. The lowest BCUT2D eigenvalue weighted by Gasteiger charge is -2.21. The zero-order chi connectivity index (χ0) is 24.8. The summed E-state index contributed by atoms with van der Waals surface area (Å²) in [5.74, 6) is -0.649. The molecular weight excluding hydrogens is 497 g/mol. The average molecular weight is 514 g/mol. The molecule has 6 nitrogen and oxygen atoms in total. The van der Waals surface area contributed by atoms with E-state index in [0.717, 1.165) is 18.3 Å². The van der Waals surface area contributed by atoms with Crippen molar-refractivity contribution in [1.82, 2.24) is 19.4 Å². The number of halogens is 6. The van der Waals surface area contributed by atoms with Crippen LogP contribution in [-0.4, -0.2) is 26.0 Å². The van der Waals surface area contributed by atoms with Crippen LogP contribution in [0.3, 0.4) is 0 Å². The first-order valence-corrected chi connectivity index (χ1v) is 10.8. The summed E-state index contributed by atoms with van der Waals surface area (Å²) >= 11 is 12.5. The highest BCUT2D eigenvalue weighted by Gasteiger charge is 2.33. The molecule has 0 saturated carbocycles. The number of anilines is 1. The first-order valence-electron chi connectivity index (χ1n) is 10.0. The van der Waals surface area contributed by atoms with Gasteiger partial charge in [0, 0.05) is 35.6 Å². The largest absolute Gasteiger partial charge is 0.493 e. The SMILES string of the molecule is CCOc1c([C@H](C)c2nc(Cl)c3c(N)nccn23)cc(Cl)c(F)c1-c1ccc(C(F)(F)F)nc1. The predicted octanol–water partition coefficient (Wildman–Crippen LogP) is 6.39. The molecule has 1 atom stereocenters. The molecule has 0 aliphatic rings. The van der Waals surface area contributed by atoms with Crippen molar-refractivity contribution in [3.63, 3.8) is 0 Å². The Morgan fingerprint density at radius 2 is 1.94 bits per heavy atom. The van der Waals surface area contributed by atoms with E-state index < -0.39 is 23.6 Å². The van der Waals surface area contributed by atoms with E-state index in [4.69, 9.17) is 33.7 Å². The quantitative estimate of drug-likeness (QED) is 0.313. The van der Waals surface area contributed by atoms with Crippen molar-refractivity contribution in [2.75, 3.05) is 12.3 Å². The van der Waals surface area contributed by atoms with Crippen LogP contribution in [0.4, 0.5) is 23.4 Å². The fraction of sp³-hybridized carbons (Fsp3) is 0.227. The molecule has 1 aromatic carbocycles. The molecule has 0 amide bonds. The van der Waals surface area contributed by atoms with E-state index in [1.54, 1.807) is 24.4 Å². The molecule has 34 heavy (non-hydrogen) atoms. The fourth-order valence-corrected chi connectivity index (χ4v) is 4.19. The van der Waals surface area contributed by atoms with Crippen molar-refractivity contribution in [2.24, 2.45) is 0 Å². The Morgan fingerprint density at radius 1 is 1.21 bits per heavy atom. The molecule has 0 radical (unpaired) electrons. The molecule has 178 valence electrons. The van der Waals surface area contributed by atoms with Gasteiger partial charge in [-0.2, -0.15) is 13.2 Å². The van der Waals surface area contributed by atoms with Crippen LogP contribution < -0.4 is 10.5 Å². The second-order valence-corrected chi connectivity index (χ2v) is 8.11. The Hall–Kier alpha value is -3.11. The molecular formula is C22H17Cl2F4N5O. The minimum Gasteiger partial charge on any atom is -0.493 e. The van der Waals surface area contributed by atoms with Gasteiger partial charge in [-0.3, -0.25) is 9.38 Å². The van der Waals surface area contributed by atoms with Crippen molar-refractivity contribution in [3.8, 4) is 16.9 Å². The number of nitrogens with two attached hydrogens (primary N) is 1. The van der Waals surface area contributed by atoms with Crippen molar-refractivity contribution in [3.05, 3.63) is 69.9 Å². The van der Waals surface area contributed by atoms with Crippen molar-refractivity contribution < 1.29 is 22.3 Å². The highest BCUT2D eigenvalue weighted by molar-refractivity contribution is 6.33. The fourth-order valence-electron chi connectivity index (χ4n) is 3.70. The van der Waals surface area contributed by atoms with Gasteiger partial charge < -0.3 is 10.5 Å². The van der Waals surface area contributed by atoms with Crippen LogP contribution in [0, 0.1) is 5.82 Å². The van der Waals surface area contributed by atoms with Crippen LogP contribution in [0.15, 0.2) is 36.8 Å². The van der Waals surface area contributed by atoms with Gasteiger partial charge in [0.15, 0.2) is 16.8 Å². The smallest absolute Gasteiger partial charge is 0.433 e. The number of hydrogen-bond donors (Lipinski definition) is 1. The highest BCUT2D eigenvalue weighted by Crippen LogP contribution is 2.44. The summed E-state index contributed by atoms with van der Waals surface area (Å²) in [6, 6.07) is 3.29. The van der Waals surface area contributed by atoms with Crippen molar-refractivity contribution in [2.45, 2.75) is 25.9 Å². The number of rotatable bonds is 5. The van der Waals surface area contributed by atoms with E-state index in [-0.39, 0.29) is 39.5 Å². The Labute approximate surface area is 201 Å². The zero-order valence-electron chi connectivity index (χ0n) is 17.8. The van der Waals surface area contributed by atoms with E-state index in [1.807, 2.05) is 0 Å². The van der Waals surface area contributed by atoms with Crippen LogP contribution >= 0.6 is 23.2 Å². The number of benzene rings is 1. The third kappa shape index (κ3) is 4.12. The van der Waals surface area contributed by atoms with Gasteiger partial charge in [-0.05, 0) is 19.1 Å². The van der Waals surface area contributed by atoms with Gasteiger partial charge in [0.2, 0.25) is 0 Å². The number of nitrogens with zero attached hydrogens (tertiary/aromatic N) is 4. The number of alkyl halides is 3. The Kier molecular flexibility index (Phi) is 6.30. The summed E-state index contributed by atoms with van der Waals surface area (Å²) in [5.41, 5.74) is 5.65. The molecule has 12 heteroatoms. The maximum absolute atomic E-state index is 15.2. The molecule has 0 saturated heterocycles. The van der Waals surface area contributed by atoms with E-state index in [2.05, 4.69) is 15.0 Å². The summed E-state index contributed by atoms with van der Waals surface area (Å²) in [6.45, 7) is 3.63. The molecule has 0 bridgehead atoms. The maximum atomic E-state index is 15.2. The van der Waals surface area contributed by atoms with Gasteiger partial charge in [-0.25, -0.2) is 14.4 Å². The number of fused-ring (bicyclic) bond motifs is 1. The van der Waals surface area contributed by atoms with Crippen LogP contribution in [0.2, 0.25) is 10.2 Å². The summed E-state index contributed by atoms with van der Waals surface area (Å²) in [6.07, 6.45) is -0.590. The van der Waals surface area contributed by atoms with Gasteiger partial charge in [-0.15, -0.1) is 0 Å². The summed E-state index contributed by atoms with van der Waals surface area (Å²) in [7, 11) is 0. The number of ether oxygens (including phenoxy) is 1. The predicted molar refractivity (Wildman–Crippen MR) is 121 cm³/mol. The van der Waals surface area contributed by atoms with Crippen LogP contribution in [0.5, 0.6) is 5.75 Å². The minimum absolute atomic E-state index is 0.0735. The Balaban J connectivity index is 1.93. The molecule has 4 aromatic rings. The summed E-state index contributed by atoms with van der Waals surface area (Å²) in [4.78, 5) is 11.9. The lowest BCUT2D eigenvalue weighted by atomic mass is 9.93. The van der Waals surface area contributed by atoms with Crippen LogP contribution in [0.25, 0.3) is 16.6 Å². The molecule has 2 N–H and O–H groups in total. The van der Waals surface area contributed by atoms with E-state index >= 15 is 4.39 Å². The first-order chi connectivity index (χ1) is 16.0. The molecule has 0 spiro atoms. The summed E-state index contributed by atoms with van der Waals surface area (Å²) in [5, 5.41) is -0.112. The standard InChI is InChI=1S/C22H17Cl2F4N5O/c1-3-34-18-12(10(2)21-32-19(24)17-20(29)30-6-7-33(17)21)8-13(23)16(25)15(18)11-4-5-14(31-9-11)22(26,27)28/h4-10H,3H2,1-2H3,(H2,29,30)/t10-/m0/s1. The third-order valence-electron chi connectivity index (χ3n) is 5.25. The van der Waals surface area contributed by atoms with Crippen LogP contribution in [-0.2, 0) is 6.18 Å². The normalized spacial score (nSPS) is 12.8. The minimum atomic E-state index is -4.63. The zero-order valence-corrected chi connectivity index (χ0v) is 19.3. The van der Waals surface area contributed by atoms with Gasteiger partial charge in [0.1, 0.15) is 22.8 Å². The number of pyridine rings is 1. The number of nitrogen functional groups attached to an aromatic ring is 1. The molecule has 0 unspecified atom stereocenters. The Morgan fingerprint density at radius 3 is 2.56 bits per heavy atom. The molecule has 0 aliphatic heterocycles. The molecule has 4 rings (SSSR count). The van der Waals surface area contributed by atoms with Crippen molar-refractivity contribution in [1.29, 1.82) is 0 Å². The number of aromatic nitrogens is 4. The lowest BCUT2D eigenvalue weighted by molar-refractivity contribution is -0.141. The second kappa shape index (κ2) is 8.92. The average Bonchev–Trinajstić information content (AvgIpc) is 3.13. The van der Waals surface area contributed by atoms with E-state index in [1.165, 1.54) is 12.3 Å². The van der Waals surface area contributed by atoms with Gasteiger partial charge >= 0.3 is 6.18 Å². The molecule has 3 heterocycles. The number of hydrogen-bond acceptors (Lipinski definition) is 5. The number of imidazole rings is 1. The summed E-state index contributed by atoms with van der Waals surface area (Å²) < 4.78 is 61.6. The van der Waals surface area contributed by atoms with E-state index in [9.17, 15) is 13.2 Å². The molecule has 0 fully saturated rings. The van der Waals surface area contributed by atoms with Gasteiger partial charge in [0.25, 0.3) is 0 Å². The monoisotopic (exact) mass is 513 g/mol. The maximum Gasteiger partial charge on any atom is 0.433 e. The Bertz CT molecular complexity index is 1370. The molecule has 3 aromatic heterocycles. The second-order valence-electron chi connectivity index (χ2n) is 7.34. The topological polar surface area (TPSA) is 78.3 Å². The van der Waals surface area contributed by atoms with Gasteiger partial charge in [-0.1, -0.05) is 36.2 Å². The van der Waals surface area contributed by atoms with Crippen molar-refractivity contribution >= 4 is 34.5 Å². The highest BCUT2D eigenvalue weighted by atomic mass is 35.5. The van der Waals surface area contributed by atoms with Crippen LogP contribution in [0.1, 0.15) is 36.8 Å². The molecule has 0 aliphatic carbocycles. The lowest BCUT2D eigenvalue weighted by Crippen LogP contribution is -2.09. The van der Waals surface area contributed by atoms with Gasteiger partial charge in [0.05, 0.1) is 17.2 Å². The third-order valence-corrected chi connectivity index (χ3v) is 5.79. The van der Waals surface area contributed by atoms with E-state index in [0.29, 0.717) is 16.9 Å².